The average molecular weight is 588 g/mol. The van der Waals surface area contributed by atoms with Gasteiger partial charge in [0, 0.05) is 16.7 Å². The Morgan fingerprint density at radius 1 is 1.05 bits per heavy atom. The highest BCUT2D eigenvalue weighted by Crippen LogP contribution is 2.41. The number of nitrogens with one attached hydrogen (secondary N) is 1. The van der Waals surface area contributed by atoms with E-state index in [9.17, 15) is 20.0 Å². The summed E-state index contributed by atoms with van der Waals surface area (Å²) in [5.74, 6) is -0.414. The molecule has 1 heterocycles. The molecule has 0 saturated heterocycles. The van der Waals surface area contributed by atoms with E-state index >= 15 is 0 Å². The van der Waals surface area contributed by atoms with E-state index in [1.807, 2.05) is 43.3 Å². The van der Waals surface area contributed by atoms with Crippen molar-refractivity contribution in [3.05, 3.63) is 88.9 Å². The predicted octanol–water partition coefficient (Wildman–Crippen LogP) is 7.17. The van der Waals surface area contributed by atoms with E-state index in [4.69, 9.17) is 26.1 Å². The first-order chi connectivity index (χ1) is 19.8. The molecule has 4 rings (SSSR count). The van der Waals surface area contributed by atoms with E-state index in [0.717, 1.165) is 17.3 Å². The first-order valence-electron chi connectivity index (χ1n) is 12.5. The molecule has 0 aliphatic carbocycles. The number of carbonyl (C=O) groups excluding carboxylic acids is 1. The lowest BCUT2D eigenvalue weighted by Gasteiger charge is -2.19. The van der Waals surface area contributed by atoms with Crippen molar-refractivity contribution in [2.24, 2.45) is 0 Å². The van der Waals surface area contributed by atoms with Gasteiger partial charge in [0.2, 0.25) is 5.91 Å². The van der Waals surface area contributed by atoms with Gasteiger partial charge in [0.25, 0.3) is 0 Å². The van der Waals surface area contributed by atoms with Gasteiger partial charge < -0.3 is 19.9 Å². The van der Waals surface area contributed by atoms with E-state index in [0.29, 0.717) is 39.8 Å². The number of hydrogen-bond acceptors (Lipinski definition) is 7. The van der Waals surface area contributed by atoms with Crippen LogP contribution in [-0.4, -0.2) is 41.4 Å². The molecule has 0 saturated carbocycles. The van der Waals surface area contributed by atoms with Crippen molar-refractivity contribution in [3.63, 3.8) is 0 Å². The molecule has 4 aromatic rings. The Labute approximate surface area is 246 Å². The van der Waals surface area contributed by atoms with Crippen molar-refractivity contribution in [1.29, 1.82) is 5.26 Å². The predicted molar refractivity (Wildman–Crippen MR) is 160 cm³/mol. The molecule has 1 unspecified atom stereocenters. The van der Waals surface area contributed by atoms with Gasteiger partial charge in [-0.2, -0.15) is 5.26 Å². The molecule has 0 radical (unpaired) electrons. The fourth-order valence-corrected chi connectivity index (χ4v) is 5.32. The van der Waals surface area contributed by atoms with Gasteiger partial charge in [-0.25, -0.2) is 9.78 Å². The van der Waals surface area contributed by atoms with Gasteiger partial charge in [-0.15, -0.1) is 0 Å². The number of anilines is 1. The lowest BCUT2D eigenvalue weighted by molar-refractivity contribution is -0.115. The Morgan fingerprint density at radius 3 is 2.44 bits per heavy atom. The summed E-state index contributed by atoms with van der Waals surface area (Å²) in [4.78, 5) is 29.6. The van der Waals surface area contributed by atoms with E-state index in [2.05, 4.69) is 11.4 Å². The smallest absolute Gasteiger partial charge is 0.335 e. The van der Waals surface area contributed by atoms with Gasteiger partial charge in [0.05, 0.1) is 47.0 Å². The van der Waals surface area contributed by atoms with Gasteiger partial charge in [0.15, 0.2) is 0 Å². The third kappa shape index (κ3) is 6.62. The minimum atomic E-state index is -1.14. The number of carboxylic acids is 1. The van der Waals surface area contributed by atoms with Gasteiger partial charge >= 0.3 is 5.97 Å². The largest absolute Gasteiger partial charge is 0.497 e. The van der Waals surface area contributed by atoms with E-state index in [1.165, 1.54) is 18.2 Å². The van der Waals surface area contributed by atoms with Crippen molar-refractivity contribution in [3.8, 4) is 40.0 Å². The number of carbonyl (C=O) groups is 2. The Hall–Kier alpha value is -4.52. The normalized spacial score (nSPS) is 11.3. The summed E-state index contributed by atoms with van der Waals surface area (Å²) < 4.78 is 11.1. The maximum atomic E-state index is 13.4. The van der Waals surface area contributed by atoms with Crippen LogP contribution in [0.5, 0.6) is 11.5 Å². The number of aromatic carboxylic acids is 1. The number of carboxylic acid groups (broad SMARTS) is 1. The second kappa shape index (κ2) is 13.2. The molecular weight excluding hydrogens is 562 g/mol. The topological polar surface area (TPSA) is 122 Å². The number of nitriles is 1. The fourth-order valence-electron chi connectivity index (χ4n) is 4.13. The SMILES string of the molecule is CCC(Sc1nc(-c2ccccc2)cc(-c2cc(OC)ccc2OC)c1C#N)C(=O)Nc1cc(C(=O)O)ccc1Cl. The molecule has 10 heteroatoms. The minimum Gasteiger partial charge on any atom is -0.497 e. The molecule has 1 aromatic heterocycles. The molecular formula is C31H26ClN3O5S. The summed E-state index contributed by atoms with van der Waals surface area (Å²) in [6, 6.07) is 23.0. The second-order valence-corrected chi connectivity index (χ2v) is 10.4. The zero-order valence-electron chi connectivity index (χ0n) is 22.5. The zero-order chi connectivity index (χ0) is 29.5. The van der Waals surface area contributed by atoms with Crippen molar-refractivity contribution in [1.82, 2.24) is 4.98 Å². The first-order valence-corrected chi connectivity index (χ1v) is 13.8. The molecule has 41 heavy (non-hydrogen) atoms. The van der Waals surface area contributed by atoms with Gasteiger partial charge in [-0.1, -0.05) is 60.6 Å². The summed E-state index contributed by atoms with van der Waals surface area (Å²) in [7, 11) is 3.11. The monoisotopic (exact) mass is 587 g/mol. The van der Waals surface area contributed by atoms with Crippen LogP contribution < -0.4 is 14.8 Å². The van der Waals surface area contributed by atoms with E-state index in [1.54, 1.807) is 32.4 Å². The van der Waals surface area contributed by atoms with Crippen LogP contribution >= 0.6 is 23.4 Å². The number of hydrogen-bond donors (Lipinski definition) is 2. The summed E-state index contributed by atoms with van der Waals surface area (Å²) >= 11 is 7.39. The van der Waals surface area contributed by atoms with E-state index in [-0.39, 0.29) is 21.8 Å². The molecule has 1 amide bonds. The van der Waals surface area contributed by atoms with Crippen LogP contribution in [0.3, 0.4) is 0 Å². The number of ether oxygens (including phenoxy) is 2. The maximum Gasteiger partial charge on any atom is 0.335 e. The van der Waals surface area contributed by atoms with Crippen molar-refractivity contribution < 1.29 is 24.2 Å². The third-order valence-electron chi connectivity index (χ3n) is 6.25. The maximum absolute atomic E-state index is 13.4. The van der Waals surface area contributed by atoms with Crippen LogP contribution in [0.4, 0.5) is 5.69 Å². The van der Waals surface area contributed by atoms with Crippen LogP contribution in [0.15, 0.2) is 77.8 Å². The number of aromatic nitrogens is 1. The highest BCUT2D eigenvalue weighted by molar-refractivity contribution is 8.00. The molecule has 0 bridgehead atoms. The minimum absolute atomic E-state index is 0.00808. The summed E-state index contributed by atoms with van der Waals surface area (Å²) in [5, 5.41) is 22.3. The quantitative estimate of drug-likeness (QED) is 0.187. The number of thioether (sulfide) groups is 1. The number of methoxy groups -OCH3 is 2. The zero-order valence-corrected chi connectivity index (χ0v) is 24.0. The third-order valence-corrected chi connectivity index (χ3v) is 7.93. The molecule has 0 spiro atoms. The number of pyridine rings is 1. The van der Waals surface area contributed by atoms with Gasteiger partial charge in [0.1, 0.15) is 22.6 Å². The molecule has 0 fully saturated rings. The number of benzene rings is 3. The summed E-state index contributed by atoms with van der Waals surface area (Å²) in [5.41, 5.74) is 3.11. The lowest BCUT2D eigenvalue weighted by Crippen LogP contribution is -2.25. The van der Waals surface area contributed by atoms with Crippen molar-refractivity contribution in [2.45, 2.75) is 23.6 Å². The number of halogens is 1. The van der Waals surface area contributed by atoms with Crippen LogP contribution in [0.1, 0.15) is 29.3 Å². The Bertz CT molecular complexity index is 1640. The molecule has 208 valence electrons. The fraction of sp³-hybridized carbons (Fsp3) is 0.161. The molecule has 8 nitrogen and oxygen atoms in total. The van der Waals surface area contributed by atoms with Crippen molar-refractivity contribution in [2.75, 3.05) is 19.5 Å². The standard InChI is InChI=1S/C31H26ClN3O5S/c1-4-28(29(36)34-26-14-19(31(37)38)10-12-24(26)32)41-30-23(17-33)21(16-25(35-30)18-8-6-5-7-9-18)22-15-20(39-2)11-13-27(22)40-3/h5-16,28H,4H2,1-3H3,(H,34,36)(H,37,38). The van der Waals surface area contributed by atoms with Gasteiger partial charge in [-0.3, -0.25) is 4.79 Å². The number of nitrogens with zero attached hydrogens (tertiary/aromatic N) is 2. The van der Waals surface area contributed by atoms with Crippen LogP contribution in [0.25, 0.3) is 22.4 Å². The highest BCUT2D eigenvalue weighted by Gasteiger charge is 2.25. The molecule has 0 aliphatic heterocycles. The average Bonchev–Trinajstić information content (AvgIpc) is 3.00. The lowest BCUT2D eigenvalue weighted by atomic mass is 9.98. The van der Waals surface area contributed by atoms with Crippen LogP contribution in [0, 0.1) is 11.3 Å². The summed E-state index contributed by atoms with van der Waals surface area (Å²) in [6.07, 6.45) is 0.396. The van der Waals surface area contributed by atoms with Crippen molar-refractivity contribution >= 4 is 40.9 Å². The number of amides is 1. The Kier molecular flexibility index (Phi) is 9.50. The number of rotatable bonds is 10. The molecule has 2 N–H and O–H groups in total. The van der Waals surface area contributed by atoms with E-state index < -0.39 is 17.1 Å². The highest BCUT2D eigenvalue weighted by atomic mass is 35.5. The van der Waals surface area contributed by atoms with Crippen LogP contribution in [-0.2, 0) is 4.79 Å². The summed E-state index contributed by atoms with van der Waals surface area (Å²) in [6.45, 7) is 1.84. The second-order valence-electron chi connectivity index (χ2n) is 8.78. The molecule has 0 aliphatic rings. The molecule has 1 atom stereocenters. The Balaban J connectivity index is 1.81. The van der Waals surface area contributed by atoms with Crippen LogP contribution in [0.2, 0.25) is 5.02 Å². The first kappa shape index (κ1) is 29.5. The van der Waals surface area contributed by atoms with Gasteiger partial charge in [-0.05, 0) is 48.9 Å². The Morgan fingerprint density at radius 2 is 1.80 bits per heavy atom. The molecule has 3 aromatic carbocycles.